The lowest BCUT2D eigenvalue weighted by Gasteiger charge is -2.33. The Balaban J connectivity index is 1.97. The van der Waals surface area contributed by atoms with Crippen molar-refractivity contribution in [2.24, 2.45) is 0 Å². The standard InChI is InChI=1S/C12H14N2O5S/c15-12(16)11-7-14(20(17,18)13-8-5-6-8)9-3-1-2-4-10(9)19-11/h1-4,8,11,13H,5-7H2,(H,15,16). The maximum atomic E-state index is 12.3. The average Bonchev–Trinajstić information content (AvgIpc) is 3.20. The Morgan fingerprint density at radius 1 is 1.35 bits per heavy atom. The van der Waals surface area contributed by atoms with Gasteiger partial charge >= 0.3 is 16.2 Å². The van der Waals surface area contributed by atoms with Gasteiger partial charge in [-0.1, -0.05) is 12.1 Å². The number of rotatable bonds is 4. The highest BCUT2D eigenvalue weighted by Gasteiger charge is 2.38. The maximum Gasteiger partial charge on any atom is 0.346 e. The van der Waals surface area contributed by atoms with Crippen LogP contribution in [0.15, 0.2) is 24.3 Å². The van der Waals surface area contributed by atoms with Crippen LogP contribution in [0.4, 0.5) is 5.69 Å². The summed E-state index contributed by atoms with van der Waals surface area (Å²) in [5.74, 6) is -0.932. The Morgan fingerprint density at radius 2 is 2.05 bits per heavy atom. The molecule has 0 radical (unpaired) electrons. The van der Waals surface area contributed by atoms with Gasteiger partial charge < -0.3 is 9.84 Å². The fraction of sp³-hybridized carbons (Fsp3) is 0.417. The Hall–Kier alpha value is -1.80. The molecule has 0 saturated heterocycles. The quantitative estimate of drug-likeness (QED) is 0.835. The van der Waals surface area contributed by atoms with Crippen LogP contribution in [0.2, 0.25) is 0 Å². The van der Waals surface area contributed by atoms with E-state index in [1.165, 1.54) is 0 Å². The number of ether oxygens (including phenoxy) is 1. The summed E-state index contributed by atoms with van der Waals surface area (Å²) < 4.78 is 33.6. The molecule has 20 heavy (non-hydrogen) atoms. The van der Waals surface area contributed by atoms with Crippen molar-refractivity contribution in [2.75, 3.05) is 10.8 Å². The molecule has 1 aromatic carbocycles. The topological polar surface area (TPSA) is 95.9 Å². The van der Waals surface area contributed by atoms with Crippen LogP contribution in [0, 0.1) is 0 Å². The molecule has 1 atom stereocenters. The number of carboxylic acids is 1. The summed E-state index contributed by atoms with van der Waals surface area (Å²) in [6, 6.07) is 6.47. The third kappa shape index (κ3) is 2.44. The van der Waals surface area contributed by atoms with Crippen LogP contribution in [-0.2, 0) is 15.0 Å². The van der Waals surface area contributed by atoms with Gasteiger partial charge in [-0.2, -0.15) is 13.1 Å². The van der Waals surface area contributed by atoms with E-state index in [1.807, 2.05) is 0 Å². The zero-order valence-electron chi connectivity index (χ0n) is 10.5. The molecule has 0 aromatic heterocycles. The smallest absolute Gasteiger partial charge is 0.346 e. The first kappa shape index (κ1) is 13.2. The van der Waals surface area contributed by atoms with Crippen molar-refractivity contribution in [3.8, 4) is 5.75 Å². The lowest BCUT2D eigenvalue weighted by molar-refractivity contribution is -0.144. The zero-order valence-corrected chi connectivity index (χ0v) is 11.3. The molecular formula is C12H14N2O5S. The van der Waals surface area contributed by atoms with Gasteiger partial charge in [-0.15, -0.1) is 0 Å². The van der Waals surface area contributed by atoms with Gasteiger partial charge in [0.05, 0.1) is 12.2 Å². The molecule has 0 amide bonds. The number of hydrogen-bond donors (Lipinski definition) is 2. The van der Waals surface area contributed by atoms with E-state index in [2.05, 4.69) is 4.72 Å². The summed E-state index contributed by atoms with van der Waals surface area (Å²) in [5, 5.41) is 9.07. The molecular weight excluding hydrogens is 284 g/mol. The largest absolute Gasteiger partial charge is 0.478 e. The van der Waals surface area contributed by atoms with Crippen LogP contribution in [0.1, 0.15) is 12.8 Å². The number of nitrogens with one attached hydrogen (secondary N) is 1. The number of aliphatic carboxylic acids is 1. The van der Waals surface area contributed by atoms with Crippen molar-refractivity contribution in [2.45, 2.75) is 25.0 Å². The van der Waals surface area contributed by atoms with E-state index in [4.69, 9.17) is 9.84 Å². The number of benzene rings is 1. The van der Waals surface area contributed by atoms with E-state index >= 15 is 0 Å². The van der Waals surface area contributed by atoms with Gasteiger partial charge in [0.1, 0.15) is 5.75 Å². The monoisotopic (exact) mass is 298 g/mol. The van der Waals surface area contributed by atoms with Crippen LogP contribution in [0.5, 0.6) is 5.75 Å². The minimum absolute atomic E-state index is 0.0433. The molecule has 1 saturated carbocycles. The molecule has 0 spiro atoms. The average molecular weight is 298 g/mol. The van der Waals surface area contributed by atoms with Crippen molar-refractivity contribution >= 4 is 21.9 Å². The molecule has 1 unspecified atom stereocenters. The number of fused-ring (bicyclic) bond motifs is 1. The van der Waals surface area contributed by atoms with Gasteiger partial charge in [0, 0.05) is 6.04 Å². The predicted molar refractivity (Wildman–Crippen MR) is 70.9 cm³/mol. The number of carboxylic acid groups (broad SMARTS) is 1. The minimum atomic E-state index is -3.76. The molecule has 7 nitrogen and oxygen atoms in total. The Kier molecular flexibility index (Phi) is 3.06. The second kappa shape index (κ2) is 4.64. The van der Waals surface area contributed by atoms with E-state index in [0.717, 1.165) is 17.1 Å². The first-order valence-electron chi connectivity index (χ1n) is 6.26. The summed E-state index contributed by atoms with van der Waals surface area (Å²) in [4.78, 5) is 11.1. The van der Waals surface area contributed by atoms with Gasteiger partial charge in [0.2, 0.25) is 6.10 Å². The molecule has 3 rings (SSSR count). The number of hydrogen-bond acceptors (Lipinski definition) is 4. The van der Waals surface area contributed by atoms with Gasteiger partial charge in [0.15, 0.2) is 0 Å². The van der Waals surface area contributed by atoms with E-state index in [1.54, 1.807) is 24.3 Å². The molecule has 1 aromatic rings. The van der Waals surface area contributed by atoms with Gasteiger partial charge in [0.25, 0.3) is 0 Å². The highest BCUT2D eigenvalue weighted by atomic mass is 32.2. The summed E-state index contributed by atoms with van der Waals surface area (Å²) in [7, 11) is -3.76. The second-order valence-corrected chi connectivity index (χ2v) is 6.47. The molecule has 2 aliphatic rings. The van der Waals surface area contributed by atoms with Crippen LogP contribution in [0.25, 0.3) is 0 Å². The van der Waals surface area contributed by atoms with Crippen molar-refractivity contribution in [3.63, 3.8) is 0 Å². The summed E-state index contributed by atoms with van der Waals surface area (Å²) in [6.45, 7) is -0.242. The molecule has 108 valence electrons. The number of carbonyl (C=O) groups is 1. The van der Waals surface area contributed by atoms with Crippen molar-refractivity contribution in [1.29, 1.82) is 0 Å². The highest BCUT2D eigenvalue weighted by molar-refractivity contribution is 7.90. The van der Waals surface area contributed by atoms with Crippen LogP contribution in [0.3, 0.4) is 0 Å². The number of nitrogens with zero attached hydrogens (tertiary/aromatic N) is 1. The van der Waals surface area contributed by atoms with Crippen molar-refractivity contribution in [3.05, 3.63) is 24.3 Å². The SMILES string of the molecule is O=C(O)C1CN(S(=O)(=O)NC2CC2)c2ccccc2O1. The maximum absolute atomic E-state index is 12.3. The molecule has 2 N–H and O–H groups in total. The van der Waals surface area contributed by atoms with Crippen LogP contribution >= 0.6 is 0 Å². The van der Waals surface area contributed by atoms with Crippen molar-refractivity contribution < 1.29 is 23.1 Å². The highest BCUT2D eigenvalue weighted by Crippen LogP contribution is 2.35. The van der Waals surface area contributed by atoms with Gasteiger partial charge in [-0.3, -0.25) is 0 Å². The lowest BCUT2D eigenvalue weighted by atomic mass is 10.2. The third-order valence-corrected chi connectivity index (χ3v) is 4.75. The normalized spacial score (nSPS) is 22.0. The lowest BCUT2D eigenvalue weighted by Crippen LogP contribution is -2.51. The third-order valence-electron chi connectivity index (χ3n) is 3.19. The molecule has 1 fully saturated rings. The predicted octanol–water partition coefficient (Wildman–Crippen LogP) is 0.335. The van der Waals surface area contributed by atoms with Crippen LogP contribution < -0.4 is 13.8 Å². The fourth-order valence-electron chi connectivity index (χ4n) is 2.03. The minimum Gasteiger partial charge on any atom is -0.478 e. The van der Waals surface area contributed by atoms with Crippen LogP contribution in [-0.4, -0.2) is 38.2 Å². The first-order valence-corrected chi connectivity index (χ1v) is 7.70. The van der Waals surface area contributed by atoms with E-state index in [0.29, 0.717) is 5.69 Å². The summed E-state index contributed by atoms with van der Waals surface area (Å²) >= 11 is 0. The second-order valence-electron chi connectivity index (χ2n) is 4.84. The molecule has 8 heteroatoms. The zero-order chi connectivity index (χ0) is 14.3. The summed E-state index contributed by atoms with van der Waals surface area (Å²) in [5.41, 5.74) is 0.359. The van der Waals surface area contributed by atoms with Crippen molar-refractivity contribution in [1.82, 2.24) is 4.72 Å². The first-order chi connectivity index (χ1) is 9.47. The van der Waals surface area contributed by atoms with E-state index in [-0.39, 0.29) is 18.3 Å². The fourth-order valence-corrected chi connectivity index (χ4v) is 3.56. The van der Waals surface area contributed by atoms with Gasteiger partial charge in [-0.25, -0.2) is 9.10 Å². The molecule has 0 bridgehead atoms. The molecule has 1 aliphatic carbocycles. The Labute approximate surface area is 116 Å². The summed E-state index contributed by atoms with van der Waals surface area (Å²) in [6.07, 6.45) is 0.418. The Bertz CT molecular complexity index is 641. The number of anilines is 1. The molecule has 1 heterocycles. The number of para-hydroxylation sites is 2. The van der Waals surface area contributed by atoms with E-state index < -0.39 is 22.3 Å². The molecule has 1 aliphatic heterocycles. The Morgan fingerprint density at radius 3 is 2.70 bits per heavy atom. The van der Waals surface area contributed by atoms with Gasteiger partial charge in [-0.05, 0) is 25.0 Å². The van der Waals surface area contributed by atoms with E-state index in [9.17, 15) is 13.2 Å².